The van der Waals surface area contributed by atoms with E-state index < -0.39 is 0 Å². The molecule has 0 heterocycles. The molecule has 0 bridgehead atoms. The minimum absolute atomic E-state index is 0.0172. The maximum Gasteiger partial charge on any atom is 0.0571 e. The molecule has 0 saturated heterocycles. The van der Waals surface area contributed by atoms with Crippen molar-refractivity contribution in [3.63, 3.8) is 0 Å². The van der Waals surface area contributed by atoms with Gasteiger partial charge in [0.05, 0.1) is 6.10 Å². The first-order chi connectivity index (χ1) is 9.75. The highest BCUT2D eigenvalue weighted by Crippen LogP contribution is 2.47. The minimum Gasteiger partial charge on any atom is -0.393 e. The van der Waals surface area contributed by atoms with Crippen molar-refractivity contribution in [2.24, 2.45) is 23.7 Å². The SMILES string of the molecule is OC1CCCCC1C1CCC(C2CCCCC2)[C@H](I)C1. The summed E-state index contributed by atoms with van der Waals surface area (Å²) in [6.45, 7) is 0. The Kier molecular flexibility index (Phi) is 5.69. The molecule has 0 radical (unpaired) electrons. The molecule has 20 heavy (non-hydrogen) atoms. The number of hydrogen-bond donors (Lipinski definition) is 1. The third-order valence-electron chi connectivity index (χ3n) is 6.51. The molecule has 1 nitrogen and oxygen atoms in total. The summed E-state index contributed by atoms with van der Waals surface area (Å²) in [5.41, 5.74) is 0. The Bertz CT molecular complexity index is 300. The molecule has 1 N–H and O–H groups in total. The van der Waals surface area contributed by atoms with Gasteiger partial charge in [0.1, 0.15) is 0 Å². The fourth-order valence-electron chi connectivity index (χ4n) is 5.34. The summed E-state index contributed by atoms with van der Waals surface area (Å²) in [6, 6.07) is 0. The number of hydrogen-bond acceptors (Lipinski definition) is 1. The number of halogens is 1. The van der Waals surface area contributed by atoms with Gasteiger partial charge in [0, 0.05) is 3.92 Å². The second-order valence-electron chi connectivity index (χ2n) is 7.67. The number of aliphatic hydroxyl groups excluding tert-OH is 1. The molecule has 116 valence electrons. The van der Waals surface area contributed by atoms with Crippen molar-refractivity contribution in [1.29, 1.82) is 0 Å². The molecular weight excluding hydrogens is 359 g/mol. The summed E-state index contributed by atoms with van der Waals surface area (Å²) in [6.07, 6.45) is 16.7. The van der Waals surface area contributed by atoms with Crippen molar-refractivity contribution in [3.8, 4) is 0 Å². The fraction of sp³-hybridized carbons (Fsp3) is 1.00. The molecule has 0 aliphatic heterocycles. The van der Waals surface area contributed by atoms with Crippen LogP contribution in [0.25, 0.3) is 0 Å². The molecule has 0 amide bonds. The van der Waals surface area contributed by atoms with Gasteiger partial charge in [-0.25, -0.2) is 0 Å². The van der Waals surface area contributed by atoms with E-state index in [1.54, 1.807) is 0 Å². The monoisotopic (exact) mass is 390 g/mol. The zero-order valence-electron chi connectivity index (χ0n) is 12.8. The van der Waals surface area contributed by atoms with Gasteiger partial charge in [-0.1, -0.05) is 67.5 Å². The lowest BCUT2D eigenvalue weighted by Crippen LogP contribution is -2.38. The third-order valence-corrected chi connectivity index (χ3v) is 7.94. The lowest BCUT2D eigenvalue weighted by Gasteiger charge is -2.43. The molecule has 3 saturated carbocycles. The van der Waals surface area contributed by atoms with E-state index in [-0.39, 0.29) is 6.10 Å². The Morgan fingerprint density at radius 2 is 1.35 bits per heavy atom. The summed E-state index contributed by atoms with van der Waals surface area (Å²) >= 11 is 2.76. The summed E-state index contributed by atoms with van der Waals surface area (Å²) in [5, 5.41) is 10.3. The van der Waals surface area contributed by atoms with Crippen LogP contribution in [-0.4, -0.2) is 15.1 Å². The van der Waals surface area contributed by atoms with Gasteiger partial charge in [-0.3, -0.25) is 0 Å². The second-order valence-corrected chi connectivity index (χ2v) is 9.27. The Balaban J connectivity index is 1.55. The van der Waals surface area contributed by atoms with Gasteiger partial charge in [-0.2, -0.15) is 0 Å². The van der Waals surface area contributed by atoms with Crippen molar-refractivity contribution in [2.75, 3.05) is 0 Å². The van der Waals surface area contributed by atoms with Gasteiger partial charge in [0.25, 0.3) is 0 Å². The topological polar surface area (TPSA) is 20.2 Å². The van der Waals surface area contributed by atoms with Crippen molar-refractivity contribution < 1.29 is 5.11 Å². The van der Waals surface area contributed by atoms with E-state index in [1.807, 2.05) is 0 Å². The molecule has 0 spiro atoms. The summed E-state index contributed by atoms with van der Waals surface area (Å²) in [5.74, 6) is 3.48. The Morgan fingerprint density at radius 1 is 0.650 bits per heavy atom. The maximum absolute atomic E-state index is 10.3. The number of rotatable bonds is 2. The predicted octanol–water partition coefficient (Wildman–Crippen LogP) is 5.34. The Hall–Kier alpha value is 0.690. The number of alkyl halides is 1. The van der Waals surface area contributed by atoms with Gasteiger partial charge in [0.2, 0.25) is 0 Å². The Labute approximate surface area is 138 Å². The first-order valence-electron chi connectivity index (χ1n) is 9.08. The molecule has 0 aromatic carbocycles. The lowest BCUT2D eigenvalue weighted by atomic mass is 9.66. The predicted molar refractivity (Wildman–Crippen MR) is 93.2 cm³/mol. The zero-order valence-corrected chi connectivity index (χ0v) is 14.9. The molecule has 0 aromatic heterocycles. The van der Waals surface area contributed by atoms with E-state index in [0.717, 1.165) is 28.1 Å². The average molecular weight is 390 g/mol. The fourth-order valence-corrected chi connectivity index (χ4v) is 6.94. The van der Waals surface area contributed by atoms with E-state index in [2.05, 4.69) is 22.6 Å². The average Bonchev–Trinajstić information content (AvgIpc) is 2.48. The summed E-state index contributed by atoms with van der Waals surface area (Å²) < 4.78 is 0.878. The lowest BCUT2D eigenvalue weighted by molar-refractivity contribution is 0.0180. The number of aliphatic hydroxyl groups is 1. The van der Waals surface area contributed by atoms with Crippen molar-refractivity contribution in [3.05, 3.63) is 0 Å². The van der Waals surface area contributed by atoms with Crippen LogP contribution in [0, 0.1) is 23.7 Å². The first-order valence-corrected chi connectivity index (χ1v) is 10.3. The highest BCUT2D eigenvalue weighted by molar-refractivity contribution is 14.1. The van der Waals surface area contributed by atoms with Gasteiger partial charge < -0.3 is 5.11 Å². The molecule has 4 unspecified atom stereocenters. The van der Waals surface area contributed by atoms with Crippen LogP contribution >= 0.6 is 22.6 Å². The largest absolute Gasteiger partial charge is 0.393 e. The van der Waals surface area contributed by atoms with Gasteiger partial charge in [-0.05, 0) is 55.8 Å². The van der Waals surface area contributed by atoms with Crippen LogP contribution in [0.1, 0.15) is 77.0 Å². The van der Waals surface area contributed by atoms with E-state index in [4.69, 9.17) is 0 Å². The summed E-state index contributed by atoms with van der Waals surface area (Å²) in [7, 11) is 0. The molecule has 2 heteroatoms. The molecule has 0 aromatic rings. The van der Waals surface area contributed by atoms with Crippen LogP contribution in [0.2, 0.25) is 0 Å². The smallest absolute Gasteiger partial charge is 0.0571 e. The minimum atomic E-state index is 0.0172. The molecule has 3 aliphatic carbocycles. The van der Waals surface area contributed by atoms with E-state index in [0.29, 0.717) is 5.92 Å². The van der Waals surface area contributed by atoms with Crippen LogP contribution in [-0.2, 0) is 0 Å². The zero-order chi connectivity index (χ0) is 13.9. The normalized spacial score (nSPS) is 44.4. The van der Waals surface area contributed by atoms with Crippen LogP contribution in [0.3, 0.4) is 0 Å². The maximum atomic E-state index is 10.3. The van der Waals surface area contributed by atoms with Crippen molar-refractivity contribution in [2.45, 2.75) is 87.1 Å². The van der Waals surface area contributed by atoms with E-state index >= 15 is 0 Å². The van der Waals surface area contributed by atoms with Crippen molar-refractivity contribution >= 4 is 22.6 Å². The molecule has 5 atom stereocenters. The highest BCUT2D eigenvalue weighted by atomic mass is 127. The quantitative estimate of drug-likeness (QED) is 0.499. The standard InChI is InChI=1S/C18H31IO/c19-17-12-14(16-8-4-5-9-18(16)20)10-11-15(17)13-6-2-1-3-7-13/h13-18,20H,1-12H2/t14?,15?,16?,17-,18?/m1/s1. The first kappa shape index (κ1) is 15.6. The second kappa shape index (κ2) is 7.30. The third kappa shape index (κ3) is 3.53. The van der Waals surface area contributed by atoms with Crippen molar-refractivity contribution in [1.82, 2.24) is 0 Å². The Morgan fingerprint density at radius 3 is 2.05 bits per heavy atom. The van der Waals surface area contributed by atoms with Crippen LogP contribution < -0.4 is 0 Å². The van der Waals surface area contributed by atoms with Crippen LogP contribution in [0.15, 0.2) is 0 Å². The van der Waals surface area contributed by atoms with Gasteiger partial charge in [-0.15, -0.1) is 0 Å². The van der Waals surface area contributed by atoms with Gasteiger partial charge in [0.15, 0.2) is 0 Å². The van der Waals surface area contributed by atoms with E-state index in [9.17, 15) is 5.11 Å². The molecule has 3 aliphatic rings. The highest BCUT2D eigenvalue weighted by Gasteiger charge is 2.39. The van der Waals surface area contributed by atoms with Crippen LogP contribution in [0.4, 0.5) is 0 Å². The molecule has 3 rings (SSSR count). The van der Waals surface area contributed by atoms with E-state index in [1.165, 1.54) is 70.6 Å². The molecular formula is C18H31IO. The van der Waals surface area contributed by atoms with Gasteiger partial charge >= 0.3 is 0 Å². The summed E-state index contributed by atoms with van der Waals surface area (Å²) in [4.78, 5) is 0. The molecule has 3 fully saturated rings. The van der Waals surface area contributed by atoms with Crippen LogP contribution in [0.5, 0.6) is 0 Å².